The van der Waals surface area contributed by atoms with E-state index in [1.165, 1.54) is 5.56 Å². The van der Waals surface area contributed by atoms with Gasteiger partial charge in [0.1, 0.15) is 0 Å². The summed E-state index contributed by atoms with van der Waals surface area (Å²) in [6.07, 6.45) is 0.518. The zero-order valence-electron chi connectivity index (χ0n) is 11.3. The molecule has 1 unspecified atom stereocenters. The predicted molar refractivity (Wildman–Crippen MR) is 73.2 cm³/mol. The molecule has 0 aliphatic rings. The fourth-order valence-corrected chi connectivity index (χ4v) is 2.08. The van der Waals surface area contributed by atoms with Crippen molar-refractivity contribution >= 4 is 0 Å². The van der Waals surface area contributed by atoms with Crippen LogP contribution in [0.4, 0.5) is 0 Å². The first kappa shape index (κ1) is 14.7. The third-order valence-electron chi connectivity index (χ3n) is 3.04. The van der Waals surface area contributed by atoms with E-state index >= 15 is 0 Å². The molecule has 3 heteroatoms. The smallest absolute Gasteiger partial charge is 0.0641 e. The summed E-state index contributed by atoms with van der Waals surface area (Å²) in [5.74, 6) is 0. The Balaban J connectivity index is 2.72. The molecule has 0 bridgehead atoms. The molecule has 0 fully saturated rings. The molecule has 0 saturated carbocycles. The van der Waals surface area contributed by atoms with Crippen molar-refractivity contribution in [3.8, 4) is 6.07 Å². The zero-order valence-corrected chi connectivity index (χ0v) is 11.3. The maximum absolute atomic E-state index is 9.01. The summed E-state index contributed by atoms with van der Waals surface area (Å²) in [4.78, 5) is 2.30. The Morgan fingerprint density at radius 2 is 2.00 bits per heavy atom. The summed E-state index contributed by atoms with van der Waals surface area (Å²) in [5.41, 5.74) is 1.21. The minimum atomic E-state index is 0.168. The second-order valence-electron chi connectivity index (χ2n) is 4.11. The Bertz CT molecular complexity index is 359. The third kappa shape index (κ3) is 4.48. The fourth-order valence-electron chi connectivity index (χ4n) is 2.08. The minimum Gasteiger partial charge on any atom is -0.380 e. The van der Waals surface area contributed by atoms with Gasteiger partial charge in [-0.05, 0) is 19.0 Å². The second-order valence-corrected chi connectivity index (χ2v) is 4.11. The van der Waals surface area contributed by atoms with Crippen LogP contribution in [0, 0.1) is 11.3 Å². The highest BCUT2D eigenvalue weighted by Crippen LogP contribution is 2.23. The lowest BCUT2D eigenvalue weighted by molar-refractivity contribution is 0.0972. The van der Waals surface area contributed by atoms with Crippen LogP contribution in [0.1, 0.15) is 31.9 Å². The first-order chi connectivity index (χ1) is 8.83. The van der Waals surface area contributed by atoms with Crippen LogP contribution in [0.2, 0.25) is 0 Å². The molecule has 18 heavy (non-hydrogen) atoms. The number of ether oxygens (including phenoxy) is 1. The van der Waals surface area contributed by atoms with Crippen LogP contribution in [0.25, 0.3) is 0 Å². The Morgan fingerprint density at radius 3 is 2.56 bits per heavy atom. The van der Waals surface area contributed by atoms with Gasteiger partial charge >= 0.3 is 0 Å². The lowest BCUT2D eigenvalue weighted by Crippen LogP contribution is -2.31. The average Bonchev–Trinajstić information content (AvgIpc) is 2.43. The molecule has 1 rings (SSSR count). The van der Waals surface area contributed by atoms with E-state index in [2.05, 4.69) is 30.0 Å². The molecule has 1 atom stereocenters. The molecule has 0 aromatic heterocycles. The van der Waals surface area contributed by atoms with E-state index in [4.69, 9.17) is 10.00 Å². The van der Waals surface area contributed by atoms with Crippen molar-refractivity contribution in [1.82, 2.24) is 4.90 Å². The van der Waals surface area contributed by atoms with Gasteiger partial charge in [0.15, 0.2) is 0 Å². The molecule has 0 heterocycles. The van der Waals surface area contributed by atoms with Crippen molar-refractivity contribution in [3.63, 3.8) is 0 Å². The molecular formula is C15H22N2O. The van der Waals surface area contributed by atoms with Crippen molar-refractivity contribution in [1.29, 1.82) is 5.26 Å². The van der Waals surface area contributed by atoms with Gasteiger partial charge in [-0.1, -0.05) is 37.3 Å². The van der Waals surface area contributed by atoms with E-state index in [0.717, 1.165) is 26.3 Å². The summed E-state index contributed by atoms with van der Waals surface area (Å²) in [6.45, 7) is 7.38. The molecule has 0 radical (unpaired) electrons. The van der Waals surface area contributed by atoms with Crippen molar-refractivity contribution in [2.75, 3.05) is 26.3 Å². The molecule has 0 aliphatic carbocycles. The first-order valence-corrected chi connectivity index (χ1v) is 6.57. The van der Waals surface area contributed by atoms with E-state index in [9.17, 15) is 0 Å². The first-order valence-electron chi connectivity index (χ1n) is 6.57. The van der Waals surface area contributed by atoms with Crippen LogP contribution in [-0.4, -0.2) is 31.2 Å². The number of likely N-dealkylation sites (N-methyl/N-ethyl adjacent to an activating group) is 1. The van der Waals surface area contributed by atoms with E-state index in [1.807, 2.05) is 25.1 Å². The molecule has 3 nitrogen and oxygen atoms in total. The zero-order chi connectivity index (χ0) is 13.2. The van der Waals surface area contributed by atoms with Gasteiger partial charge in [0.2, 0.25) is 0 Å². The highest BCUT2D eigenvalue weighted by molar-refractivity contribution is 5.20. The van der Waals surface area contributed by atoms with Gasteiger partial charge in [-0.25, -0.2) is 0 Å². The van der Waals surface area contributed by atoms with E-state index in [1.54, 1.807) is 0 Å². The van der Waals surface area contributed by atoms with E-state index in [0.29, 0.717) is 6.42 Å². The monoisotopic (exact) mass is 246 g/mol. The van der Waals surface area contributed by atoms with Gasteiger partial charge in [-0.3, -0.25) is 4.90 Å². The normalized spacial score (nSPS) is 12.3. The van der Waals surface area contributed by atoms with Gasteiger partial charge in [0.05, 0.1) is 19.1 Å². The largest absolute Gasteiger partial charge is 0.380 e. The third-order valence-corrected chi connectivity index (χ3v) is 3.04. The van der Waals surface area contributed by atoms with Crippen molar-refractivity contribution in [3.05, 3.63) is 35.9 Å². The van der Waals surface area contributed by atoms with Crippen LogP contribution in [0.15, 0.2) is 30.3 Å². The van der Waals surface area contributed by atoms with Gasteiger partial charge in [0, 0.05) is 19.2 Å². The van der Waals surface area contributed by atoms with Gasteiger partial charge in [0.25, 0.3) is 0 Å². The molecule has 0 saturated heterocycles. The summed E-state index contributed by atoms with van der Waals surface area (Å²) >= 11 is 0. The lowest BCUT2D eigenvalue weighted by atomic mass is 10.0. The van der Waals surface area contributed by atoms with E-state index in [-0.39, 0.29) is 6.04 Å². The molecule has 1 aromatic carbocycles. The van der Waals surface area contributed by atoms with Crippen LogP contribution >= 0.6 is 0 Å². The summed E-state index contributed by atoms with van der Waals surface area (Å²) in [5, 5.41) is 9.01. The maximum atomic E-state index is 9.01. The molecular weight excluding hydrogens is 224 g/mol. The maximum Gasteiger partial charge on any atom is 0.0641 e. The topological polar surface area (TPSA) is 36.3 Å². The van der Waals surface area contributed by atoms with Gasteiger partial charge in [-0.15, -0.1) is 0 Å². The summed E-state index contributed by atoms with van der Waals surface area (Å²) < 4.78 is 5.41. The van der Waals surface area contributed by atoms with Gasteiger partial charge in [-0.2, -0.15) is 5.26 Å². The standard InChI is InChI=1S/C15H22N2O/c1-3-17(12-13-18-4-2)15(10-11-16)14-8-6-5-7-9-14/h5-9,15H,3-4,10,12-13H2,1-2H3. The summed E-state index contributed by atoms with van der Waals surface area (Å²) in [6, 6.07) is 12.7. The molecule has 98 valence electrons. The second kappa shape index (κ2) is 8.68. The highest BCUT2D eigenvalue weighted by Gasteiger charge is 2.18. The predicted octanol–water partition coefficient (Wildman–Crippen LogP) is 3.00. The number of hydrogen-bond donors (Lipinski definition) is 0. The SMILES string of the molecule is CCOCCN(CC)C(CC#N)c1ccccc1. The Kier molecular flexibility index (Phi) is 7.09. The number of rotatable bonds is 8. The average molecular weight is 246 g/mol. The van der Waals surface area contributed by atoms with Crippen LogP contribution in [0.5, 0.6) is 0 Å². The van der Waals surface area contributed by atoms with Crippen molar-refractivity contribution in [2.24, 2.45) is 0 Å². The number of nitriles is 1. The Hall–Kier alpha value is -1.37. The van der Waals surface area contributed by atoms with Crippen molar-refractivity contribution < 1.29 is 4.74 Å². The highest BCUT2D eigenvalue weighted by atomic mass is 16.5. The Morgan fingerprint density at radius 1 is 1.28 bits per heavy atom. The molecule has 0 N–H and O–H groups in total. The fraction of sp³-hybridized carbons (Fsp3) is 0.533. The molecule has 0 spiro atoms. The van der Waals surface area contributed by atoms with Crippen LogP contribution < -0.4 is 0 Å². The number of nitrogens with zero attached hydrogens (tertiary/aromatic N) is 2. The van der Waals surface area contributed by atoms with Crippen molar-refractivity contribution in [2.45, 2.75) is 26.3 Å². The molecule has 0 aliphatic heterocycles. The number of hydrogen-bond acceptors (Lipinski definition) is 3. The summed E-state index contributed by atoms with van der Waals surface area (Å²) in [7, 11) is 0. The quantitative estimate of drug-likeness (QED) is 0.662. The van der Waals surface area contributed by atoms with Gasteiger partial charge < -0.3 is 4.74 Å². The minimum absolute atomic E-state index is 0.168. The molecule has 1 aromatic rings. The lowest BCUT2D eigenvalue weighted by Gasteiger charge is -2.29. The van der Waals surface area contributed by atoms with Crippen LogP contribution in [0.3, 0.4) is 0 Å². The number of benzene rings is 1. The van der Waals surface area contributed by atoms with E-state index < -0.39 is 0 Å². The Labute approximate surface area is 110 Å². The van der Waals surface area contributed by atoms with Crippen LogP contribution in [-0.2, 0) is 4.74 Å². The molecule has 0 amide bonds.